The Kier molecular flexibility index (Phi) is 4.52. The molecule has 0 aromatic carbocycles. The summed E-state index contributed by atoms with van der Waals surface area (Å²) in [7, 11) is 1.54. The number of aliphatic hydroxyl groups excluding tert-OH is 1. The first-order valence-corrected chi connectivity index (χ1v) is 7.79. The van der Waals surface area contributed by atoms with Crippen molar-refractivity contribution in [3.8, 4) is 0 Å². The molecule has 1 N–H and O–H groups in total. The van der Waals surface area contributed by atoms with Crippen molar-refractivity contribution in [1.29, 1.82) is 0 Å². The minimum atomic E-state index is -0.214. The Hall–Kier alpha value is -1.37. The molecule has 0 aliphatic carbocycles. The lowest BCUT2D eigenvalue weighted by Gasteiger charge is -2.42. The van der Waals surface area contributed by atoms with Gasteiger partial charge in [0.1, 0.15) is 12.4 Å². The summed E-state index contributed by atoms with van der Waals surface area (Å²) >= 11 is 0. The molecule has 2 atom stereocenters. The van der Waals surface area contributed by atoms with E-state index in [0.717, 1.165) is 38.4 Å². The Morgan fingerprint density at radius 3 is 3.09 bits per heavy atom. The second-order valence-corrected chi connectivity index (χ2v) is 6.50. The minimum absolute atomic E-state index is 0.0160. The summed E-state index contributed by atoms with van der Waals surface area (Å²) in [5.41, 5.74) is -0.214. The van der Waals surface area contributed by atoms with E-state index >= 15 is 0 Å². The number of carbonyl (C=O) groups is 1. The number of piperidine rings is 1. The van der Waals surface area contributed by atoms with Crippen molar-refractivity contribution >= 4 is 5.91 Å². The van der Waals surface area contributed by atoms with Gasteiger partial charge < -0.3 is 19.2 Å². The molecule has 1 aromatic rings. The van der Waals surface area contributed by atoms with E-state index in [1.165, 1.54) is 7.11 Å². The summed E-state index contributed by atoms with van der Waals surface area (Å²) in [6.45, 7) is 4.11. The molecular weight excluding hydrogens is 284 g/mol. The van der Waals surface area contributed by atoms with E-state index in [1.54, 1.807) is 6.26 Å². The highest BCUT2D eigenvalue weighted by atomic mass is 16.5. The number of methoxy groups -OCH3 is 1. The molecule has 2 saturated heterocycles. The molecule has 0 spiro atoms. The van der Waals surface area contributed by atoms with Gasteiger partial charge in [0.15, 0.2) is 0 Å². The molecule has 6 nitrogen and oxygen atoms in total. The Bertz CT molecular complexity index is 504. The zero-order chi connectivity index (χ0) is 15.6. The third-order valence-electron chi connectivity index (χ3n) is 5.04. The maximum atomic E-state index is 12.1. The van der Waals surface area contributed by atoms with E-state index in [-0.39, 0.29) is 24.5 Å². The van der Waals surface area contributed by atoms with E-state index in [2.05, 4.69) is 4.90 Å². The first-order chi connectivity index (χ1) is 10.7. The van der Waals surface area contributed by atoms with Crippen molar-refractivity contribution in [2.24, 2.45) is 11.3 Å². The molecule has 0 saturated carbocycles. The number of carbonyl (C=O) groups excluding carboxylic acids is 1. The van der Waals surface area contributed by atoms with Crippen LogP contribution in [0.4, 0.5) is 0 Å². The van der Waals surface area contributed by atoms with Crippen molar-refractivity contribution < 1.29 is 19.1 Å². The molecule has 122 valence electrons. The third kappa shape index (κ3) is 2.91. The Labute approximate surface area is 130 Å². The van der Waals surface area contributed by atoms with E-state index in [9.17, 15) is 9.90 Å². The molecule has 3 heterocycles. The Balaban J connectivity index is 1.67. The summed E-state index contributed by atoms with van der Waals surface area (Å²) in [6, 6.07) is 3.87. The first-order valence-electron chi connectivity index (χ1n) is 7.79. The van der Waals surface area contributed by atoms with Crippen LogP contribution in [0.2, 0.25) is 0 Å². The molecule has 0 unspecified atom stereocenters. The van der Waals surface area contributed by atoms with Crippen LogP contribution >= 0.6 is 0 Å². The Morgan fingerprint density at radius 1 is 1.55 bits per heavy atom. The number of fused-ring (bicyclic) bond motifs is 1. The number of ether oxygens (including phenoxy) is 1. The zero-order valence-electron chi connectivity index (χ0n) is 13.0. The second-order valence-electron chi connectivity index (χ2n) is 6.50. The van der Waals surface area contributed by atoms with Crippen molar-refractivity contribution in [2.75, 3.05) is 46.5 Å². The van der Waals surface area contributed by atoms with Crippen LogP contribution in [0.3, 0.4) is 0 Å². The van der Waals surface area contributed by atoms with Crippen LogP contribution in [0.1, 0.15) is 12.2 Å². The fourth-order valence-corrected chi connectivity index (χ4v) is 3.86. The van der Waals surface area contributed by atoms with Crippen molar-refractivity contribution in [1.82, 2.24) is 9.80 Å². The molecule has 0 bridgehead atoms. The summed E-state index contributed by atoms with van der Waals surface area (Å²) in [5.74, 6) is 1.32. The van der Waals surface area contributed by atoms with Gasteiger partial charge in [-0.1, -0.05) is 0 Å². The third-order valence-corrected chi connectivity index (χ3v) is 5.04. The van der Waals surface area contributed by atoms with E-state index in [1.807, 2.05) is 17.0 Å². The molecule has 2 aliphatic rings. The van der Waals surface area contributed by atoms with Gasteiger partial charge >= 0.3 is 0 Å². The molecule has 6 heteroatoms. The highest BCUT2D eigenvalue weighted by molar-refractivity contribution is 5.77. The second kappa shape index (κ2) is 6.40. The largest absolute Gasteiger partial charge is 0.468 e. The first kappa shape index (κ1) is 15.5. The SMILES string of the molecule is COCC(=O)N1C[C@@H]2CCN(Cc3ccco3)C[C@]2(CO)C1. The van der Waals surface area contributed by atoms with Crippen LogP contribution in [0.5, 0.6) is 0 Å². The normalized spacial score (nSPS) is 28.8. The lowest BCUT2D eigenvalue weighted by Crippen LogP contribution is -2.50. The molecule has 2 fully saturated rings. The van der Waals surface area contributed by atoms with Crippen LogP contribution in [0.15, 0.2) is 22.8 Å². The fraction of sp³-hybridized carbons (Fsp3) is 0.688. The summed E-state index contributed by atoms with van der Waals surface area (Å²) in [6.07, 6.45) is 2.68. The van der Waals surface area contributed by atoms with Crippen molar-refractivity contribution in [3.63, 3.8) is 0 Å². The van der Waals surface area contributed by atoms with Crippen LogP contribution in [-0.4, -0.2) is 67.3 Å². The smallest absolute Gasteiger partial charge is 0.248 e. The van der Waals surface area contributed by atoms with Gasteiger partial charge in [-0.3, -0.25) is 9.69 Å². The number of hydrogen-bond acceptors (Lipinski definition) is 5. The molecule has 1 aromatic heterocycles. The maximum Gasteiger partial charge on any atom is 0.248 e. The van der Waals surface area contributed by atoms with Gasteiger partial charge in [-0.05, 0) is 31.0 Å². The predicted molar refractivity (Wildman–Crippen MR) is 80.1 cm³/mol. The van der Waals surface area contributed by atoms with Gasteiger partial charge in [-0.25, -0.2) is 0 Å². The fourth-order valence-electron chi connectivity index (χ4n) is 3.86. The summed E-state index contributed by atoms with van der Waals surface area (Å²) in [5, 5.41) is 10.0. The number of likely N-dealkylation sites (tertiary alicyclic amines) is 2. The summed E-state index contributed by atoms with van der Waals surface area (Å²) in [4.78, 5) is 16.2. The lowest BCUT2D eigenvalue weighted by molar-refractivity contribution is -0.134. The Morgan fingerprint density at radius 2 is 2.41 bits per heavy atom. The average molecular weight is 308 g/mol. The van der Waals surface area contributed by atoms with E-state index in [0.29, 0.717) is 12.5 Å². The predicted octanol–water partition coefficient (Wildman–Crippen LogP) is 0.569. The number of nitrogens with zero attached hydrogens (tertiary/aromatic N) is 2. The number of rotatable bonds is 5. The van der Waals surface area contributed by atoms with E-state index in [4.69, 9.17) is 9.15 Å². The average Bonchev–Trinajstić information content (AvgIpc) is 3.14. The van der Waals surface area contributed by atoms with Gasteiger partial charge in [-0.15, -0.1) is 0 Å². The van der Waals surface area contributed by atoms with Crippen LogP contribution in [-0.2, 0) is 16.1 Å². The van der Waals surface area contributed by atoms with Gasteiger partial charge in [0, 0.05) is 32.2 Å². The van der Waals surface area contributed by atoms with Crippen LogP contribution in [0.25, 0.3) is 0 Å². The van der Waals surface area contributed by atoms with Gasteiger partial charge in [0.2, 0.25) is 5.91 Å². The monoisotopic (exact) mass is 308 g/mol. The van der Waals surface area contributed by atoms with Gasteiger partial charge in [-0.2, -0.15) is 0 Å². The van der Waals surface area contributed by atoms with E-state index < -0.39 is 0 Å². The standard InChI is InChI=1S/C16H24N2O4/c1-21-9-15(20)18-7-13-4-5-17(8-14-3-2-6-22-14)10-16(13,11-18)12-19/h2-3,6,13,19H,4-5,7-12H2,1H3/t13-,16+/m0/s1. The maximum absolute atomic E-state index is 12.1. The molecule has 0 radical (unpaired) electrons. The highest BCUT2D eigenvalue weighted by Gasteiger charge is 2.50. The quantitative estimate of drug-likeness (QED) is 0.861. The van der Waals surface area contributed by atoms with Crippen LogP contribution < -0.4 is 0 Å². The summed E-state index contributed by atoms with van der Waals surface area (Å²) < 4.78 is 10.4. The molecule has 1 amide bonds. The molecule has 22 heavy (non-hydrogen) atoms. The number of amides is 1. The number of furan rings is 1. The minimum Gasteiger partial charge on any atom is -0.468 e. The zero-order valence-corrected chi connectivity index (χ0v) is 13.0. The topological polar surface area (TPSA) is 66.2 Å². The molecular formula is C16H24N2O4. The number of hydrogen-bond donors (Lipinski definition) is 1. The highest BCUT2D eigenvalue weighted by Crippen LogP contribution is 2.42. The molecule has 3 rings (SSSR count). The van der Waals surface area contributed by atoms with Crippen molar-refractivity contribution in [2.45, 2.75) is 13.0 Å². The van der Waals surface area contributed by atoms with Gasteiger partial charge in [0.05, 0.1) is 19.4 Å². The van der Waals surface area contributed by atoms with Crippen LogP contribution in [0, 0.1) is 11.3 Å². The molecule has 2 aliphatic heterocycles. The lowest BCUT2D eigenvalue weighted by atomic mass is 9.74. The number of aliphatic hydroxyl groups is 1. The van der Waals surface area contributed by atoms with Gasteiger partial charge in [0.25, 0.3) is 0 Å². The van der Waals surface area contributed by atoms with Crippen molar-refractivity contribution in [3.05, 3.63) is 24.2 Å².